The fourth-order valence-corrected chi connectivity index (χ4v) is 3.46. The maximum absolute atomic E-state index is 11.9. The van der Waals surface area contributed by atoms with Crippen LogP contribution in [0.2, 0.25) is 0 Å². The first-order chi connectivity index (χ1) is 12.8. The first-order valence-electron chi connectivity index (χ1n) is 10.8. The summed E-state index contributed by atoms with van der Waals surface area (Å²) in [6, 6.07) is 7.71. The van der Waals surface area contributed by atoms with Gasteiger partial charge in [0.1, 0.15) is 6.73 Å². The van der Waals surface area contributed by atoms with Crippen LogP contribution in [0, 0.1) is 0 Å². The molecule has 0 radical (unpaired) electrons. The van der Waals surface area contributed by atoms with E-state index in [1.165, 1.54) is 77.0 Å². The van der Waals surface area contributed by atoms with Crippen LogP contribution in [0.1, 0.15) is 106 Å². The average Bonchev–Trinajstić information content (AvgIpc) is 2.66. The third-order valence-corrected chi connectivity index (χ3v) is 5.05. The molecular weight excluding hydrogens is 322 g/mol. The second-order valence-electron chi connectivity index (χ2n) is 7.31. The monoisotopic (exact) mass is 361 g/mol. The number of benzene rings is 1. The quantitative estimate of drug-likeness (QED) is 0.280. The lowest BCUT2D eigenvalue weighted by Crippen LogP contribution is -2.25. The molecule has 1 aromatic rings. The minimum Gasteiger partial charge on any atom is -0.376 e. The summed E-state index contributed by atoms with van der Waals surface area (Å²) in [5.41, 5.74) is 1.78. The van der Waals surface area contributed by atoms with E-state index in [-0.39, 0.29) is 12.6 Å². The zero-order valence-corrected chi connectivity index (χ0v) is 16.8. The van der Waals surface area contributed by atoms with E-state index >= 15 is 0 Å². The van der Waals surface area contributed by atoms with E-state index in [9.17, 15) is 4.79 Å². The molecule has 0 bridgehead atoms. The minimum atomic E-state index is -0.314. The normalized spacial score (nSPS) is 10.8. The maximum atomic E-state index is 11.9. The number of hydrogen-bond donors (Lipinski definition) is 2. The molecule has 0 heterocycles. The standard InChI is InChI=1S/C23H39NO2/c1-2-3-4-5-6-7-8-9-10-11-12-13-14-17-21-18-15-16-19-22(21)23(26)24-20-25/h15-16,18-19,25H,2-14,17,20H2,1H3,(H,24,26). The maximum Gasteiger partial charge on any atom is 0.253 e. The first kappa shape index (κ1) is 22.7. The molecule has 0 saturated carbocycles. The van der Waals surface area contributed by atoms with Gasteiger partial charge >= 0.3 is 0 Å². The van der Waals surface area contributed by atoms with Crippen molar-refractivity contribution in [2.45, 2.75) is 96.8 Å². The van der Waals surface area contributed by atoms with Crippen molar-refractivity contribution < 1.29 is 9.90 Å². The number of aliphatic hydroxyl groups excluding tert-OH is 1. The number of carbonyl (C=O) groups is 1. The van der Waals surface area contributed by atoms with Crippen molar-refractivity contribution in [2.75, 3.05) is 6.73 Å². The molecule has 0 aliphatic carbocycles. The lowest BCUT2D eigenvalue weighted by Gasteiger charge is -2.09. The van der Waals surface area contributed by atoms with Crippen molar-refractivity contribution >= 4 is 5.91 Å². The number of aliphatic hydroxyl groups is 1. The van der Waals surface area contributed by atoms with Gasteiger partial charge < -0.3 is 10.4 Å². The largest absolute Gasteiger partial charge is 0.376 e. The number of aryl methyl sites for hydroxylation is 1. The highest BCUT2D eigenvalue weighted by molar-refractivity contribution is 5.95. The molecular formula is C23H39NO2. The van der Waals surface area contributed by atoms with Crippen molar-refractivity contribution in [3.63, 3.8) is 0 Å². The summed E-state index contributed by atoms with van der Waals surface area (Å²) in [5, 5.41) is 11.3. The summed E-state index contributed by atoms with van der Waals surface area (Å²) in [6.45, 7) is 1.96. The molecule has 0 unspecified atom stereocenters. The zero-order chi connectivity index (χ0) is 18.9. The summed E-state index contributed by atoms with van der Waals surface area (Å²) in [7, 11) is 0. The van der Waals surface area contributed by atoms with Crippen LogP contribution in [-0.2, 0) is 6.42 Å². The number of unbranched alkanes of at least 4 members (excludes halogenated alkanes) is 12. The highest BCUT2D eigenvalue weighted by Crippen LogP contribution is 2.15. The van der Waals surface area contributed by atoms with Gasteiger partial charge in [-0.25, -0.2) is 0 Å². The third-order valence-electron chi connectivity index (χ3n) is 5.05. The molecule has 148 valence electrons. The Kier molecular flexibility index (Phi) is 13.8. The van der Waals surface area contributed by atoms with Crippen LogP contribution < -0.4 is 5.32 Å². The Morgan fingerprint density at radius 3 is 1.85 bits per heavy atom. The Labute approximate surface area is 160 Å². The first-order valence-corrected chi connectivity index (χ1v) is 10.8. The van der Waals surface area contributed by atoms with Gasteiger partial charge in [-0.05, 0) is 24.5 Å². The molecule has 0 spiro atoms. The zero-order valence-electron chi connectivity index (χ0n) is 16.8. The molecule has 2 N–H and O–H groups in total. The van der Waals surface area contributed by atoms with Crippen LogP contribution in [0.5, 0.6) is 0 Å². The smallest absolute Gasteiger partial charge is 0.253 e. The topological polar surface area (TPSA) is 49.3 Å². The summed E-state index contributed by atoms with van der Waals surface area (Å²) in [6.07, 6.45) is 18.5. The van der Waals surface area contributed by atoms with E-state index in [2.05, 4.69) is 12.2 Å². The Morgan fingerprint density at radius 2 is 1.31 bits per heavy atom. The van der Waals surface area contributed by atoms with Gasteiger partial charge in [0.05, 0.1) is 0 Å². The number of rotatable bonds is 16. The molecule has 0 aliphatic heterocycles. The van der Waals surface area contributed by atoms with Gasteiger partial charge in [0, 0.05) is 5.56 Å². The van der Waals surface area contributed by atoms with E-state index in [4.69, 9.17) is 5.11 Å². The third kappa shape index (κ3) is 10.6. The van der Waals surface area contributed by atoms with Crippen LogP contribution >= 0.6 is 0 Å². The van der Waals surface area contributed by atoms with Gasteiger partial charge in [0.2, 0.25) is 0 Å². The fraction of sp³-hybridized carbons (Fsp3) is 0.696. The van der Waals surface area contributed by atoms with Crippen molar-refractivity contribution in [2.24, 2.45) is 0 Å². The van der Waals surface area contributed by atoms with E-state index in [0.717, 1.165) is 18.4 Å². The summed E-state index contributed by atoms with van der Waals surface area (Å²) < 4.78 is 0. The van der Waals surface area contributed by atoms with Crippen LogP contribution in [0.15, 0.2) is 24.3 Å². The number of nitrogens with one attached hydrogen (secondary N) is 1. The summed E-state index contributed by atoms with van der Waals surface area (Å²) >= 11 is 0. The van der Waals surface area contributed by atoms with E-state index in [1.807, 2.05) is 24.3 Å². The predicted octanol–water partition coefficient (Wildman–Crippen LogP) is 6.00. The highest BCUT2D eigenvalue weighted by atomic mass is 16.3. The molecule has 0 aliphatic rings. The van der Waals surface area contributed by atoms with Crippen molar-refractivity contribution in [3.8, 4) is 0 Å². The molecule has 0 aromatic heterocycles. The van der Waals surface area contributed by atoms with E-state index in [0.29, 0.717) is 5.56 Å². The van der Waals surface area contributed by atoms with Gasteiger partial charge in [-0.15, -0.1) is 0 Å². The van der Waals surface area contributed by atoms with Gasteiger partial charge in [0.25, 0.3) is 5.91 Å². The van der Waals surface area contributed by atoms with E-state index < -0.39 is 0 Å². The fourth-order valence-electron chi connectivity index (χ4n) is 3.46. The molecule has 0 atom stereocenters. The predicted molar refractivity (Wildman–Crippen MR) is 110 cm³/mol. The summed E-state index contributed by atoms with van der Waals surface area (Å²) in [5.74, 6) is -0.183. The minimum absolute atomic E-state index is 0.183. The van der Waals surface area contributed by atoms with Gasteiger partial charge in [-0.1, -0.05) is 102 Å². The van der Waals surface area contributed by atoms with Crippen LogP contribution in [-0.4, -0.2) is 17.7 Å². The molecule has 0 saturated heterocycles. The SMILES string of the molecule is CCCCCCCCCCCCCCCc1ccccc1C(=O)NCO. The number of hydrogen-bond acceptors (Lipinski definition) is 2. The molecule has 1 amide bonds. The molecule has 3 heteroatoms. The number of carbonyl (C=O) groups excluding carboxylic acids is 1. The average molecular weight is 362 g/mol. The van der Waals surface area contributed by atoms with Gasteiger partial charge in [0.15, 0.2) is 0 Å². The molecule has 3 nitrogen and oxygen atoms in total. The van der Waals surface area contributed by atoms with Crippen LogP contribution in [0.25, 0.3) is 0 Å². The lowest BCUT2D eigenvalue weighted by atomic mass is 9.99. The number of amides is 1. The molecule has 1 aromatic carbocycles. The summed E-state index contributed by atoms with van der Waals surface area (Å²) in [4.78, 5) is 11.9. The lowest BCUT2D eigenvalue weighted by molar-refractivity contribution is 0.0909. The highest BCUT2D eigenvalue weighted by Gasteiger charge is 2.09. The Bertz CT molecular complexity index is 473. The van der Waals surface area contributed by atoms with Crippen molar-refractivity contribution in [1.82, 2.24) is 5.32 Å². The van der Waals surface area contributed by atoms with Gasteiger partial charge in [-0.2, -0.15) is 0 Å². The van der Waals surface area contributed by atoms with Crippen molar-refractivity contribution in [3.05, 3.63) is 35.4 Å². The van der Waals surface area contributed by atoms with Crippen molar-refractivity contribution in [1.29, 1.82) is 0 Å². The molecule has 0 fully saturated rings. The Balaban J connectivity index is 2.02. The van der Waals surface area contributed by atoms with Crippen LogP contribution in [0.3, 0.4) is 0 Å². The molecule has 26 heavy (non-hydrogen) atoms. The molecule has 1 rings (SSSR count). The Morgan fingerprint density at radius 1 is 0.808 bits per heavy atom. The Hall–Kier alpha value is -1.35. The van der Waals surface area contributed by atoms with Gasteiger partial charge in [-0.3, -0.25) is 4.79 Å². The second-order valence-corrected chi connectivity index (χ2v) is 7.31. The second kappa shape index (κ2) is 15.9. The van der Waals surface area contributed by atoms with Crippen LogP contribution in [0.4, 0.5) is 0 Å². The van der Waals surface area contributed by atoms with E-state index in [1.54, 1.807) is 0 Å².